The fourth-order valence-electron chi connectivity index (χ4n) is 3.56. The van der Waals surface area contributed by atoms with E-state index in [0.29, 0.717) is 34.4 Å². The molecular formula is C27H25N3O5S. The third-order valence-corrected chi connectivity index (χ3v) is 6.67. The number of ether oxygens (including phenoxy) is 2. The average Bonchev–Trinajstić information content (AvgIpc) is 2.91. The van der Waals surface area contributed by atoms with Crippen molar-refractivity contribution in [1.82, 2.24) is 4.90 Å². The van der Waals surface area contributed by atoms with Crippen LogP contribution in [0, 0.1) is 0 Å². The maximum Gasteiger partial charge on any atom is 0.337 e. The molecule has 3 aromatic rings. The van der Waals surface area contributed by atoms with Gasteiger partial charge in [0.1, 0.15) is 11.0 Å². The molecule has 184 valence electrons. The largest absolute Gasteiger partial charge is 0.497 e. The van der Waals surface area contributed by atoms with Crippen LogP contribution in [0.15, 0.2) is 83.9 Å². The van der Waals surface area contributed by atoms with Gasteiger partial charge >= 0.3 is 5.97 Å². The van der Waals surface area contributed by atoms with E-state index in [9.17, 15) is 14.4 Å². The van der Waals surface area contributed by atoms with Crippen LogP contribution in [0.2, 0.25) is 0 Å². The number of carbonyl (C=O) groups excluding carboxylic acids is 3. The zero-order valence-corrected chi connectivity index (χ0v) is 20.7. The third-order valence-electron chi connectivity index (χ3n) is 5.49. The van der Waals surface area contributed by atoms with E-state index in [1.54, 1.807) is 60.5 Å². The Labute approximate surface area is 213 Å². The molecule has 0 aliphatic carbocycles. The van der Waals surface area contributed by atoms with E-state index >= 15 is 0 Å². The second-order valence-electron chi connectivity index (χ2n) is 7.93. The van der Waals surface area contributed by atoms with Gasteiger partial charge in [-0.25, -0.2) is 9.79 Å². The van der Waals surface area contributed by atoms with Crippen molar-refractivity contribution in [3.05, 3.63) is 90.0 Å². The number of aliphatic imine (C=N–C) groups is 1. The number of methoxy groups -OCH3 is 2. The Bertz CT molecular complexity index is 1260. The van der Waals surface area contributed by atoms with Gasteiger partial charge in [-0.15, -0.1) is 0 Å². The second kappa shape index (κ2) is 11.5. The number of nitrogens with one attached hydrogen (secondary N) is 1. The molecule has 9 heteroatoms. The number of benzene rings is 3. The molecule has 0 aromatic heterocycles. The highest BCUT2D eigenvalue weighted by molar-refractivity contribution is 8.15. The van der Waals surface area contributed by atoms with Crippen molar-refractivity contribution < 1.29 is 23.9 Å². The zero-order valence-electron chi connectivity index (χ0n) is 19.8. The number of rotatable bonds is 7. The molecule has 1 aliphatic heterocycles. The van der Waals surface area contributed by atoms with Crippen LogP contribution < -0.4 is 10.1 Å². The summed E-state index contributed by atoms with van der Waals surface area (Å²) in [5.41, 5.74) is 2.50. The average molecular weight is 504 g/mol. The summed E-state index contributed by atoms with van der Waals surface area (Å²) in [6, 6.07) is 23.2. The van der Waals surface area contributed by atoms with E-state index in [0.717, 1.165) is 5.56 Å². The fourth-order valence-corrected chi connectivity index (χ4v) is 4.66. The summed E-state index contributed by atoms with van der Waals surface area (Å²) >= 11 is 1.24. The predicted molar refractivity (Wildman–Crippen MR) is 139 cm³/mol. The second-order valence-corrected chi connectivity index (χ2v) is 9.10. The zero-order chi connectivity index (χ0) is 25.5. The summed E-state index contributed by atoms with van der Waals surface area (Å²) in [6.07, 6.45) is 0.0329. The topological polar surface area (TPSA) is 97.3 Å². The molecule has 1 aliphatic rings. The molecule has 1 N–H and O–H groups in total. The van der Waals surface area contributed by atoms with Crippen molar-refractivity contribution in [1.29, 1.82) is 0 Å². The number of esters is 1. The Hall–Kier alpha value is -4.11. The van der Waals surface area contributed by atoms with Crippen molar-refractivity contribution in [2.24, 2.45) is 4.99 Å². The molecule has 36 heavy (non-hydrogen) atoms. The Morgan fingerprint density at radius 3 is 2.33 bits per heavy atom. The summed E-state index contributed by atoms with van der Waals surface area (Å²) in [5, 5.41) is 2.61. The summed E-state index contributed by atoms with van der Waals surface area (Å²) in [6.45, 7) is 0.352. The summed E-state index contributed by atoms with van der Waals surface area (Å²) < 4.78 is 9.91. The van der Waals surface area contributed by atoms with E-state index in [-0.39, 0.29) is 18.2 Å². The first-order valence-corrected chi connectivity index (χ1v) is 12.1. The van der Waals surface area contributed by atoms with Crippen LogP contribution in [0.4, 0.5) is 11.4 Å². The number of hydrogen-bond donors (Lipinski definition) is 1. The maximum atomic E-state index is 13.2. The number of nitrogens with zero attached hydrogens (tertiary/aromatic N) is 2. The van der Waals surface area contributed by atoms with Crippen LogP contribution in [0.25, 0.3) is 0 Å². The van der Waals surface area contributed by atoms with Crippen molar-refractivity contribution in [3.63, 3.8) is 0 Å². The van der Waals surface area contributed by atoms with Crippen molar-refractivity contribution >= 4 is 46.1 Å². The molecule has 0 saturated carbocycles. The molecule has 1 unspecified atom stereocenters. The van der Waals surface area contributed by atoms with Crippen LogP contribution in [-0.2, 0) is 20.9 Å². The van der Waals surface area contributed by atoms with E-state index < -0.39 is 11.2 Å². The van der Waals surface area contributed by atoms with Gasteiger partial charge in [0.2, 0.25) is 11.8 Å². The fraction of sp³-hybridized carbons (Fsp3) is 0.185. The number of hydrogen-bond acceptors (Lipinski definition) is 7. The Morgan fingerprint density at radius 2 is 1.69 bits per heavy atom. The lowest BCUT2D eigenvalue weighted by Gasteiger charge is -2.32. The molecule has 1 saturated heterocycles. The van der Waals surface area contributed by atoms with Crippen molar-refractivity contribution in [3.8, 4) is 5.75 Å². The van der Waals surface area contributed by atoms with Crippen molar-refractivity contribution in [2.45, 2.75) is 18.2 Å². The molecule has 1 atom stereocenters. The van der Waals surface area contributed by atoms with Gasteiger partial charge in [-0.1, -0.05) is 42.1 Å². The number of thioether (sulfide) groups is 1. The molecule has 1 heterocycles. The molecular weight excluding hydrogens is 478 g/mol. The molecule has 2 amide bonds. The van der Waals surface area contributed by atoms with Gasteiger partial charge in [-0.3, -0.25) is 14.5 Å². The maximum absolute atomic E-state index is 13.2. The first-order valence-electron chi connectivity index (χ1n) is 11.2. The van der Waals surface area contributed by atoms with Gasteiger partial charge in [-0.2, -0.15) is 0 Å². The first kappa shape index (κ1) is 25.0. The van der Waals surface area contributed by atoms with Gasteiger partial charge in [-0.05, 0) is 54.1 Å². The Balaban J connectivity index is 1.55. The lowest BCUT2D eigenvalue weighted by Crippen LogP contribution is -2.44. The van der Waals surface area contributed by atoms with Gasteiger partial charge < -0.3 is 14.8 Å². The van der Waals surface area contributed by atoms with Gasteiger partial charge in [0.25, 0.3) is 0 Å². The van der Waals surface area contributed by atoms with E-state index in [1.165, 1.54) is 18.9 Å². The number of amides is 2. The number of anilines is 1. The van der Waals surface area contributed by atoms with Crippen LogP contribution >= 0.6 is 11.8 Å². The lowest BCUT2D eigenvalue weighted by atomic mass is 10.2. The van der Waals surface area contributed by atoms with E-state index in [2.05, 4.69) is 5.32 Å². The quantitative estimate of drug-likeness (QED) is 0.472. The van der Waals surface area contributed by atoms with E-state index in [1.807, 2.05) is 30.3 Å². The Kier molecular flexibility index (Phi) is 8.02. The summed E-state index contributed by atoms with van der Waals surface area (Å²) in [5.74, 6) is -0.269. The van der Waals surface area contributed by atoms with Crippen LogP contribution in [-0.4, -0.2) is 47.3 Å². The number of amidine groups is 1. The van der Waals surface area contributed by atoms with E-state index in [4.69, 9.17) is 14.5 Å². The minimum atomic E-state index is -0.665. The third kappa shape index (κ3) is 6.11. The Morgan fingerprint density at radius 1 is 1.00 bits per heavy atom. The van der Waals surface area contributed by atoms with Gasteiger partial charge in [0.15, 0.2) is 5.17 Å². The highest BCUT2D eigenvalue weighted by Crippen LogP contribution is 2.31. The number of carbonyl (C=O) groups is 3. The van der Waals surface area contributed by atoms with Gasteiger partial charge in [0.05, 0.1) is 32.0 Å². The SMILES string of the molecule is COC(=O)c1ccc(NC(=O)C2CC(=O)N(Cc3ccccc3)C(=Nc3ccc(OC)cc3)S2)cc1. The predicted octanol–water partition coefficient (Wildman–Crippen LogP) is 4.64. The monoisotopic (exact) mass is 503 g/mol. The normalized spacial score (nSPS) is 16.5. The van der Waals surface area contributed by atoms with Crippen LogP contribution in [0.5, 0.6) is 5.75 Å². The highest BCUT2D eigenvalue weighted by Gasteiger charge is 2.36. The van der Waals surface area contributed by atoms with Gasteiger partial charge in [0, 0.05) is 12.1 Å². The minimum absolute atomic E-state index is 0.0329. The standard InChI is InChI=1S/C27H25N3O5S/c1-34-22-14-12-21(13-15-22)29-27-30(17-18-6-4-3-5-7-18)24(31)16-23(36-27)25(32)28-20-10-8-19(9-11-20)26(33)35-2/h3-15,23H,16-17H2,1-2H3,(H,28,32). The molecule has 8 nitrogen and oxygen atoms in total. The molecule has 1 fully saturated rings. The molecule has 0 bridgehead atoms. The van der Waals surface area contributed by atoms with Crippen LogP contribution in [0.3, 0.4) is 0 Å². The van der Waals surface area contributed by atoms with Crippen LogP contribution in [0.1, 0.15) is 22.3 Å². The minimum Gasteiger partial charge on any atom is -0.497 e. The summed E-state index contributed by atoms with van der Waals surface area (Å²) in [4.78, 5) is 44.2. The highest BCUT2D eigenvalue weighted by atomic mass is 32.2. The molecule has 0 spiro atoms. The molecule has 0 radical (unpaired) electrons. The summed E-state index contributed by atoms with van der Waals surface area (Å²) in [7, 11) is 2.89. The van der Waals surface area contributed by atoms with Crippen molar-refractivity contribution in [2.75, 3.05) is 19.5 Å². The first-order chi connectivity index (χ1) is 17.5. The smallest absolute Gasteiger partial charge is 0.337 e. The molecule has 3 aromatic carbocycles. The molecule has 4 rings (SSSR count). The lowest BCUT2D eigenvalue weighted by molar-refractivity contribution is -0.129.